The number of fused-ring (bicyclic) bond motifs is 1. The third-order valence-corrected chi connectivity index (χ3v) is 5.68. The number of nitrogens with zero attached hydrogens (tertiary/aromatic N) is 4. The molecule has 1 amide bonds. The molecule has 3 heterocycles. The van der Waals surface area contributed by atoms with E-state index in [-0.39, 0.29) is 18.0 Å². The fraction of sp³-hybridized carbons (Fsp3) is 0.450. The second-order valence-electron chi connectivity index (χ2n) is 7.49. The zero-order valence-corrected chi connectivity index (χ0v) is 16.5. The van der Waals surface area contributed by atoms with Crippen LogP contribution in [0.25, 0.3) is 21.6 Å². The summed E-state index contributed by atoms with van der Waals surface area (Å²) in [5.41, 5.74) is 2.34. The molecule has 0 unspecified atom stereocenters. The fourth-order valence-electron chi connectivity index (χ4n) is 3.44. The van der Waals surface area contributed by atoms with E-state index >= 15 is 0 Å². The van der Waals surface area contributed by atoms with Crippen molar-refractivity contribution in [1.29, 1.82) is 0 Å². The first-order valence-electron chi connectivity index (χ1n) is 9.22. The quantitative estimate of drug-likeness (QED) is 0.653. The lowest BCUT2D eigenvalue weighted by molar-refractivity contribution is 0.0692. The molecule has 6 heteroatoms. The van der Waals surface area contributed by atoms with Crippen LogP contribution in [0.15, 0.2) is 29.8 Å². The van der Waals surface area contributed by atoms with Crippen molar-refractivity contribution in [1.82, 2.24) is 19.7 Å². The van der Waals surface area contributed by atoms with Crippen molar-refractivity contribution < 1.29 is 4.79 Å². The van der Waals surface area contributed by atoms with Crippen LogP contribution < -0.4 is 0 Å². The minimum Gasteiger partial charge on any atom is -0.333 e. The molecule has 3 aromatic rings. The molecular weight excluding hydrogens is 344 g/mol. The van der Waals surface area contributed by atoms with Gasteiger partial charge in [-0.3, -0.25) is 4.79 Å². The lowest BCUT2D eigenvalue weighted by Gasteiger charge is -2.27. The van der Waals surface area contributed by atoms with Gasteiger partial charge in [0, 0.05) is 18.1 Å². The summed E-state index contributed by atoms with van der Waals surface area (Å²) in [5, 5.41) is 7.39. The molecule has 0 aliphatic heterocycles. The second-order valence-corrected chi connectivity index (χ2v) is 8.44. The lowest BCUT2D eigenvalue weighted by atomic mass is 10.1. The third-order valence-electron chi connectivity index (χ3n) is 4.79. The first-order valence-corrected chi connectivity index (χ1v) is 10.1. The predicted molar refractivity (Wildman–Crippen MR) is 106 cm³/mol. The van der Waals surface area contributed by atoms with E-state index in [2.05, 4.69) is 32.8 Å². The highest BCUT2D eigenvalue weighted by atomic mass is 32.1. The number of thiophene rings is 1. The van der Waals surface area contributed by atoms with Gasteiger partial charge in [0.25, 0.3) is 5.91 Å². The van der Waals surface area contributed by atoms with Gasteiger partial charge in [0.1, 0.15) is 0 Å². The number of carbonyl (C=O) groups excluding carboxylic acids is 1. The molecular formula is C20H24N4OS. The maximum absolute atomic E-state index is 13.4. The van der Waals surface area contributed by atoms with Crippen LogP contribution in [-0.4, -0.2) is 37.7 Å². The van der Waals surface area contributed by atoms with Gasteiger partial charge < -0.3 is 4.90 Å². The SMILES string of the molecule is CC(C)N(C(=O)c1cc(-c2cccs2)nc2c1cnn2C(C)C)C1CC1. The van der Waals surface area contributed by atoms with Crippen LogP contribution in [0.5, 0.6) is 0 Å². The van der Waals surface area contributed by atoms with Crippen LogP contribution in [0.1, 0.15) is 56.9 Å². The molecule has 26 heavy (non-hydrogen) atoms. The maximum atomic E-state index is 13.4. The first kappa shape index (κ1) is 17.2. The molecule has 5 nitrogen and oxygen atoms in total. The number of hydrogen-bond acceptors (Lipinski definition) is 4. The molecule has 0 spiro atoms. The molecule has 1 fully saturated rings. The standard InChI is InChI=1S/C20H24N4OS/c1-12(2)23(14-7-8-14)20(25)15-10-17(18-6-5-9-26-18)22-19-16(15)11-21-24(19)13(3)4/h5-6,9-14H,7-8H2,1-4H3. The van der Waals surface area contributed by atoms with Crippen molar-refractivity contribution in [3.8, 4) is 10.6 Å². The number of pyridine rings is 1. The van der Waals surface area contributed by atoms with Crippen LogP contribution in [0, 0.1) is 0 Å². The van der Waals surface area contributed by atoms with Crippen LogP contribution in [0.3, 0.4) is 0 Å². The Morgan fingerprint density at radius 3 is 2.65 bits per heavy atom. The van der Waals surface area contributed by atoms with E-state index in [9.17, 15) is 4.79 Å². The Labute approximate surface area is 157 Å². The minimum atomic E-state index is 0.0935. The van der Waals surface area contributed by atoms with Gasteiger partial charge >= 0.3 is 0 Å². The van der Waals surface area contributed by atoms with Crippen LogP contribution in [0.4, 0.5) is 0 Å². The number of amides is 1. The fourth-order valence-corrected chi connectivity index (χ4v) is 4.12. The highest BCUT2D eigenvalue weighted by Crippen LogP contribution is 2.34. The van der Waals surface area contributed by atoms with Crippen molar-refractivity contribution in [2.75, 3.05) is 0 Å². The maximum Gasteiger partial charge on any atom is 0.255 e. The van der Waals surface area contributed by atoms with E-state index in [1.165, 1.54) is 0 Å². The Hall–Kier alpha value is -2.21. The van der Waals surface area contributed by atoms with Crippen molar-refractivity contribution in [2.24, 2.45) is 0 Å². The molecule has 0 radical (unpaired) electrons. The van der Waals surface area contributed by atoms with Gasteiger partial charge in [0.2, 0.25) is 0 Å². The molecule has 1 saturated carbocycles. The molecule has 1 aliphatic carbocycles. The number of carbonyl (C=O) groups is 1. The van der Waals surface area contributed by atoms with Crippen molar-refractivity contribution in [2.45, 2.75) is 58.7 Å². The van der Waals surface area contributed by atoms with E-state index in [1.807, 2.05) is 33.2 Å². The van der Waals surface area contributed by atoms with Gasteiger partial charge in [-0.05, 0) is 58.0 Å². The zero-order valence-electron chi connectivity index (χ0n) is 15.6. The Balaban J connectivity index is 1.91. The van der Waals surface area contributed by atoms with Gasteiger partial charge in [-0.1, -0.05) is 6.07 Å². The van der Waals surface area contributed by atoms with E-state index in [1.54, 1.807) is 17.5 Å². The van der Waals surface area contributed by atoms with E-state index in [0.29, 0.717) is 11.6 Å². The van der Waals surface area contributed by atoms with Crippen LogP contribution in [-0.2, 0) is 0 Å². The molecule has 1 aliphatic rings. The Kier molecular flexibility index (Phi) is 4.31. The predicted octanol–water partition coefficient (Wildman–Crippen LogP) is 4.75. The van der Waals surface area contributed by atoms with Crippen molar-refractivity contribution in [3.05, 3.63) is 35.3 Å². The average molecular weight is 369 g/mol. The summed E-state index contributed by atoms with van der Waals surface area (Å²) in [6.45, 7) is 8.34. The van der Waals surface area contributed by atoms with Crippen molar-refractivity contribution >= 4 is 28.3 Å². The monoisotopic (exact) mass is 368 g/mol. The van der Waals surface area contributed by atoms with Crippen LogP contribution in [0.2, 0.25) is 0 Å². The topological polar surface area (TPSA) is 51.0 Å². The van der Waals surface area contributed by atoms with Gasteiger partial charge in [0.05, 0.1) is 27.7 Å². The largest absolute Gasteiger partial charge is 0.333 e. The summed E-state index contributed by atoms with van der Waals surface area (Å²) >= 11 is 1.64. The van der Waals surface area contributed by atoms with Gasteiger partial charge in [-0.25, -0.2) is 9.67 Å². The number of aromatic nitrogens is 3. The highest BCUT2D eigenvalue weighted by Gasteiger charge is 2.35. The summed E-state index contributed by atoms with van der Waals surface area (Å²) in [7, 11) is 0. The molecule has 0 aromatic carbocycles. The van der Waals surface area contributed by atoms with Crippen LogP contribution >= 0.6 is 11.3 Å². The lowest BCUT2D eigenvalue weighted by Crippen LogP contribution is -2.38. The normalized spacial score (nSPS) is 14.5. The summed E-state index contributed by atoms with van der Waals surface area (Å²) in [4.78, 5) is 21.4. The first-order chi connectivity index (χ1) is 12.5. The third kappa shape index (κ3) is 2.92. The van der Waals surface area contributed by atoms with E-state index in [4.69, 9.17) is 4.98 Å². The second kappa shape index (κ2) is 6.50. The average Bonchev–Trinajstić information content (AvgIpc) is 3.12. The van der Waals surface area contributed by atoms with E-state index in [0.717, 1.165) is 34.4 Å². The number of hydrogen-bond donors (Lipinski definition) is 0. The van der Waals surface area contributed by atoms with E-state index < -0.39 is 0 Å². The summed E-state index contributed by atoms with van der Waals surface area (Å²) in [5.74, 6) is 0.0935. The van der Waals surface area contributed by atoms with Gasteiger partial charge in [-0.2, -0.15) is 5.10 Å². The molecule has 0 saturated heterocycles. The summed E-state index contributed by atoms with van der Waals surface area (Å²) < 4.78 is 1.90. The smallest absolute Gasteiger partial charge is 0.255 e. The molecule has 0 bridgehead atoms. The Morgan fingerprint density at radius 1 is 1.31 bits per heavy atom. The summed E-state index contributed by atoms with van der Waals surface area (Å²) in [6, 6.07) is 6.74. The summed E-state index contributed by atoms with van der Waals surface area (Å²) in [6.07, 6.45) is 3.99. The Morgan fingerprint density at radius 2 is 2.08 bits per heavy atom. The highest BCUT2D eigenvalue weighted by molar-refractivity contribution is 7.13. The molecule has 136 valence electrons. The molecule has 0 N–H and O–H groups in total. The Bertz CT molecular complexity index is 936. The van der Waals surface area contributed by atoms with Crippen molar-refractivity contribution in [3.63, 3.8) is 0 Å². The molecule has 4 rings (SSSR count). The zero-order chi connectivity index (χ0) is 18.4. The minimum absolute atomic E-state index is 0.0935. The van der Waals surface area contributed by atoms with Gasteiger partial charge in [-0.15, -0.1) is 11.3 Å². The number of rotatable bonds is 5. The van der Waals surface area contributed by atoms with Gasteiger partial charge in [0.15, 0.2) is 5.65 Å². The molecule has 3 aromatic heterocycles. The molecule has 0 atom stereocenters.